The highest BCUT2D eigenvalue weighted by Gasteiger charge is 2.68. The molecule has 1 aliphatic rings. The van der Waals surface area contributed by atoms with Crippen molar-refractivity contribution in [3.8, 4) is 21.3 Å². The van der Waals surface area contributed by atoms with Gasteiger partial charge in [0.25, 0.3) is 18.2 Å². The summed E-state index contributed by atoms with van der Waals surface area (Å²) in [5, 5.41) is 13.7. The molecule has 0 radical (unpaired) electrons. The second-order valence-electron chi connectivity index (χ2n) is 10.4. The van der Waals surface area contributed by atoms with Gasteiger partial charge < -0.3 is 14.5 Å². The van der Waals surface area contributed by atoms with Gasteiger partial charge in [-0.25, -0.2) is 13.8 Å². The maximum atomic E-state index is 14.3. The lowest BCUT2D eigenvalue weighted by molar-refractivity contribution is -0.297. The number of nitrogens with zero attached hydrogens (tertiary/aromatic N) is 4. The first kappa shape index (κ1) is 30.8. The minimum Gasteiger partial charge on any atom is -0.381 e. The van der Waals surface area contributed by atoms with Gasteiger partial charge in [0.05, 0.1) is 4.88 Å². The van der Waals surface area contributed by atoms with Crippen molar-refractivity contribution in [1.82, 2.24) is 20.0 Å². The van der Waals surface area contributed by atoms with Crippen LogP contribution in [0.15, 0.2) is 22.7 Å². The average molecular weight is 613 g/mol. The third-order valence-electron chi connectivity index (χ3n) is 7.03. The number of benzene rings is 1. The molecule has 0 aliphatic carbocycles. The predicted octanol–water partition coefficient (Wildman–Crippen LogP) is 7.03. The zero-order valence-corrected chi connectivity index (χ0v) is 22.8. The summed E-state index contributed by atoms with van der Waals surface area (Å²) in [6.07, 6.45) is -13.9. The monoisotopic (exact) mass is 612 g/mol. The fraction of sp³-hybridized carbons (Fsp3) is 0.520. The third-order valence-corrected chi connectivity index (χ3v) is 8.11. The Kier molecular flexibility index (Phi) is 7.73. The standard InChI is InChI=1S/C25H24F8N4O3S/c1-11-6-5-9-37(11)20(38)15-16(41-19(34-15)18-35-21(40-36-18)22(2,3)39)13-8-7-12(10-14(13)17(26)27)23(4,24(28,29)30)25(31,32)33/h7-8,10-11,17,39H,5-6,9H2,1-4H3/t11-/m0/s1. The Morgan fingerprint density at radius 3 is 2.22 bits per heavy atom. The zero-order valence-electron chi connectivity index (χ0n) is 22.0. The van der Waals surface area contributed by atoms with Crippen LogP contribution in [0.1, 0.15) is 74.5 Å². The third kappa shape index (κ3) is 5.43. The van der Waals surface area contributed by atoms with E-state index in [4.69, 9.17) is 4.52 Å². The normalized spacial score (nSPS) is 17.1. The van der Waals surface area contributed by atoms with E-state index in [0.717, 1.165) is 0 Å². The molecular weight excluding hydrogens is 588 g/mol. The van der Waals surface area contributed by atoms with Crippen LogP contribution >= 0.6 is 11.3 Å². The Morgan fingerprint density at radius 2 is 1.73 bits per heavy atom. The van der Waals surface area contributed by atoms with Crippen LogP contribution in [-0.2, 0) is 11.0 Å². The first-order chi connectivity index (χ1) is 18.8. The number of amides is 1. The van der Waals surface area contributed by atoms with Gasteiger partial charge in [-0.2, -0.15) is 31.3 Å². The fourth-order valence-electron chi connectivity index (χ4n) is 4.42. The predicted molar refractivity (Wildman–Crippen MR) is 130 cm³/mol. The average Bonchev–Trinajstić information content (AvgIpc) is 3.60. The lowest BCUT2D eigenvalue weighted by Crippen LogP contribution is -2.51. The summed E-state index contributed by atoms with van der Waals surface area (Å²) in [5.41, 5.74) is -9.40. The smallest absolute Gasteiger partial charge is 0.381 e. The number of hydrogen-bond donors (Lipinski definition) is 1. The highest BCUT2D eigenvalue weighted by molar-refractivity contribution is 7.18. The molecule has 0 saturated carbocycles. The van der Waals surface area contributed by atoms with Crippen molar-refractivity contribution >= 4 is 17.2 Å². The number of aliphatic hydroxyl groups is 1. The molecule has 1 saturated heterocycles. The summed E-state index contributed by atoms with van der Waals surface area (Å²) in [4.78, 5) is 23.0. The number of carbonyl (C=O) groups excluding carboxylic acids is 1. The number of thiazole rings is 1. The van der Waals surface area contributed by atoms with Crippen molar-refractivity contribution in [2.24, 2.45) is 0 Å². The maximum absolute atomic E-state index is 14.3. The van der Waals surface area contributed by atoms with E-state index in [9.17, 15) is 45.0 Å². The number of alkyl halides is 8. The Bertz CT molecular complexity index is 1430. The molecule has 1 amide bonds. The molecule has 16 heteroatoms. The summed E-state index contributed by atoms with van der Waals surface area (Å²) in [6.45, 7) is 4.68. The molecule has 2 aromatic heterocycles. The van der Waals surface area contributed by atoms with E-state index in [1.165, 1.54) is 18.7 Å². The van der Waals surface area contributed by atoms with Gasteiger partial charge >= 0.3 is 12.4 Å². The van der Waals surface area contributed by atoms with Crippen molar-refractivity contribution in [3.05, 3.63) is 40.9 Å². The SMILES string of the molecule is C[C@H]1CCCN1C(=O)c1nc(-c2noc(C(C)(C)O)n2)sc1-c1ccc(C(C)(C(F)(F)F)C(F)(F)F)cc1C(F)F. The second kappa shape index (κ2) is 10.3. The number of carbonyl (C=O) groups is 1. The van der Waals surface area contributed by atoms with E-state index < -0.39 is 52.4 Å². The minimum atomic E-state index is -5.85. The molecular formula is C25H24F8N4O3S. The number of likely N-dealkylation sites (tertiary alicyclic amines) is 1. The second-order valence-corrected chi connectivity index (χ2v) is 11.4. The van der Waals surface area contributed by atoms with Gasteiger partial charge in [0.2, 0.25) is 5.82 Å². The Morgan fingerprint density at radius 1 is 1.10 bits per heavy atom. The lowest BCUT2D eigenvalue weighted by Gasteiger charge is -2.34. The Hall–Kier alpha value is -3.14. The molecule has 0 unspecified atom stereocenters. The quantitative estimate of drug-likeness (QED) is 0.301. The number of rotatable bonds is 6. The van der Waals surface area contributed by atoms with Crippen molar-refractivity contribution in [3.63, 3.8) is 0 Å². The van der Waals surface area contributed by atoms with Gasteiger partial charge in [0.15, 0.2) is 10.4 Å². The molecule has 1 aromatic carbocycles. The van der Waals surface area contributed by atoms with E-state index in [-0.39, 0.29) is 46.3 Å². The summed E-state index contributed by atoms with van der Waals surface area (Å²) in [7, 11) is 0. The molecule has 224 valence electrons. The number of aromatic nitrogens is 3. The van der Waals surface area contributed by atoms with E-state index in [1.54, 1.807) is 6.92 Å². The number of hydrogen-bond acceptors (Lipinski definition) is 7. The Labute approximate surface area is 232 Å². The van der Waals surface area contributed by atoms with Crippen molar-refractivity contribution in [1.29, 1.82) is 0 Å². The van der Waals surface area contributed by atoms with Crippen LogP contribution in [0.4, 0.5) is 35.1 Å². The zero-order chi connectivity index (χ0) is 30.7. The summed E-state index contributed by atoms with van der Waals surface area (Å²) in [6, 6.07) is 1.10. The van der Waals surface area contributed by atoms with E-state index in [2.05, 4.69) is 15.1 Å². The van der Waals surface area contributed by atoms with Crippen molar-refractivity contribution in [2.75, 3.05) is 6.54 Å². The first-order valence-corrected chi connectivity index (χ1v) is 13.0. The molecule has 1 aliphatic heterocycles. The highest BCUT2D eigenvalue weighted by Crippen LogP contribution is 2.53. The van der Waals surface area contributed by atoms with Crippen molar-refractivity contribution < 1.29 is 49.5 Å². The van der Waals surface area contributed by atoms with Crippen LogP contribution < -0.4 is 0 Å². The molecule has 0 bridgehead atoms. The molecule has 1 atom stereocenters. The molecule has 7 nitrogen and oxygen atoms in total. The fourth-order valence-corrected chi connectivity index (χ4v) is 5.45. The van der Waals surface area contributed by atoms with Crippen molar-refractivity contribution in [2.45, 2.75) is 76.4 Å². The van der Waals surface area contributed by atoms with Gasteiger partial charge in [-0.05, 0) is 52.2 Å². The molecule has 1 N–H and O–H groups in total. The summed E-state index contributed by atoms with van der Waals surface area (Å²) in [5.74, 6) is -1.10. The highest BCUT2D eigenvalue weighted by atomic mass is 32.1. The minimum absolute atomic E-state index is 0.103. The van der Waals surface area contributed by atoms with Crippen LogP contribution in [0, 0.1) is 0 Å². The van der Waals surface area contributed by atoms with Crippen LogP contribution in [0.3, 0.4) is 0 Å². The van der Waals surface area contributed by atoms with Crippen LogP contribution in [-0.4, -0.2) is 56.0 Å². The molecule has 3 heterocycles. The Balaban J connectivity index is 1.93. The van der Waals surface area contributed by atoms with Gasteiger partial charge in [0.1, 0.15) is 11.3 Å². The molecule has 1 fully saturated rings. The van der Waals surface area contributed by atoms with Gasteiger partial charge in [0, 0.05) is 23.7 Å². The van der Waals surface area contributed by atoms with Gasteiger partial charge in [-0.3, -0.25) is 4.79 Å². The largest absolute Gasteiger partial charge is 0.406 e. The van der Waals surface area contributed by atoms with E-state index in [1.807, 2.05) is 0 Å². The topological polar surface area (TPSA) is 92.4 Å². The number of halogens is 8. The van der Waals surface area contributed by atoms with E-state index >= 15 is 0 Å². The molecule has 4 rings (SSSR count). The molecule has 0 spiro atoms. The maximum Gasteiger partial charge on any atom is 0.406 e. The summed E-state index contributed by atoms with van der Waals surface area (Å²) >= 11 is 0.631. The van der Waals surface area contributed by atoms with Gasteiger partial charge in [-0.1, -0.05) is 17.3 Å². The van der Waals surface area contributed by atoms with Crippen LogP contribution in [0.2, 0.25) is 0 Å². The first-order valence-electron chi connectivity index (χ1n) is 12.2. The van der Waals surface area contributed by atoms with Crippen LogP contribution in [0.5, 0.6) is 0 Å². The van der Waals surface area contributed by atoms with E-state index in [0.29, 0.717) is 42.9 Å². The molecule has 3 aromatic rings. The molecule has 41 heavy (non-hydrogen) atoms. The van der Waals surface area contributed by atoms with Gasteiger partial charge in [-0.15, -0.1) is 11.3 Å². The summed E-state index contributed by atoms with van der Waals surface area (Å²) < 4.78 is 116. The lowest BCUT2D eigenvalue weighted by atomic mass is 9.79. The van der Waals surface area contributed by atoms with Crippen LogP contribution in [0.25, 0.3) is 21.3 Å².